The topological polar surface area (TPSA) is 68.4 Å². The van der Waals surface area contributed by atoms with Crippen LogP contribution in [-0.2, 0) is 6.54 Å². The van der Waals surface area contributed by atoms with Crippen LogP contribution in [0.1, 0.15) is 5.56 Å². The molecule has 0 aliphatic heterocycles. The van der Waals surface area contributed by atoms with Crippen molar-refractivity contribution in [1.82, 2.24) is 4.98 Å². The van der Waals surface area contributed by atoms with Gasteiger partial charge in [-0.1, -0.05) is 0 Å². The van der Waals surface area contributed by atoms with Crippen molar-refractivity contribution in [2.24, 2.45) is 5.73 Å². The van der Waals surface area contributed by atoms with Crippen molar-refractivity contribution in [3.8, 4) is 11.6 Å². The Labute approximate surface area is 91.0 Å². The minimum atomic E-state index is -4.84. The Kier molecular flexibility index (Phi) is 3.40. The first-order valence-corrected chi connectivity index (χ1v) is 4.47. The van der Waals surface area contributed by atoms with Crippen molar-refractivity contribution in [2.45, 2.75) is 12.9 Å². The number of nitrogens with zero attached hydrogens (tertiary/aromatic N) is 1. The summed E-state index contributed by atoms with van der Waals surface area (Å²) in [5.74, 6) is -0.973. The number of halogens is 4. The SMILES string of the molecule is NCc1cc(O)c(Br)nc1OC(F)(F)F. The van der Waals surface area contributed by atoms with E-state index in [0.29, 0.717) is 0 Å². The van der Waals surface area contributed by atoms with Gasteiger partial charge in [0.15, 0.2) is 4.60 Å². The van der Waals surface area contributed by atoms with Crippen LogP contribution in [0.3, 0.4) is 0 Å². The largest absolute Gasteiger partial charge is 0.574 e. The third kappa shape index (κ3) is 3.24. The molecule has 0 fully saturated rings. The zero-order chi connectivity index (χ0) is 11.6. The van der Waals surface area contributed by atoms with Crippen LogP contribution in [0.4, 0.5) is 13.2 Å². The maximum atomic E-state index is 11.9. The van der Waals surface area contributed by atoms with Crippen molar-refractivity contribution in [1.29, 1.82) is 0 Å². The number of aromatic hydroxyl groups is 1. The summed E-state index contributed by atoms with van der Waals surface area (Å²) in [5.41, 5.74) is 5.14. The molecule has 84 valence electrons. The highest BCUT2D eigenvalue weighted by Gasteiger charge is 2.33. The molecule has 1 rings (SSSR count). The third-order valence-corrected chi connectivity index (χ3v) is 2.01. The average Bonchev–Trinajstić information content (AvgIpc) is 2.08. The van der Waals surface area contributed by atoms with E-state index in [1.165, 1.54) is 0 Å². The smallest absolute Gasteiger partial charge is 0.505 e. The molecule has 0 radical (unpaired) electrons. The summed E-state index contributed by atoms with van der Waals surface area (Å²) >= 11 is 2.77. The average molecular weight is 287 g/mol. The van der Waals surface area contributed by atoms with Gasteiger partial charge in [-0.25, -0.2) is 4.98 Å². The second-order valence-electron chi connectivity index (χ2n) is 2.51. The molecule has 0 unspecified atom stereocenters. The quantitative estimate of drug-likeness (QED) is 0.815. The molecule has 0 saturated heterocycles. The van der Waals surface area contributed by atoms with E-state index in [9.17, 15) is 13.2 Å². The summed E-state index contributed by atoms with van der Waals surface area (Å²) < 4.78 is 39.2. The van der Waals surface area contributed by atoms with Crippen LogP contribution in [-0.4, -0.2) is 16.5 Å². The van der Waals surface area contributed by atoms with Gasteiger partial charge in [-0.3, -0.25) is 0 Å². The molecule has 0 atom stereocenters. The molecule has 0 aromatic carbocycles. The molecule has 1 aromatic rings. The Morgan fingerprint density at radius 2 is 2.13 bits per heavy atom. The van der Waals surface area contributed by atoms with Gasteiger partial charge in [-0.2, -0.15) is 0 Å². The summed E-state index contributed by atoms with van der Waals surface area (Å²) in [4.78, 5) is 3.37. The zero-order valence-electron chi connectivity index (χ0n) is 7.18. The normalized spacial score (nSPS) is 11.5. The standard InChI is InChI=1S/C7H6BrF3N2O2/c8-5-4(14)1-3(2-12)6(13-5)15-7(9,10)11/h1,14H,2,12H2. The number of alkyl halides is 3. The molecule has 15 heavy (non-hydrogen) atoms. The van der Waals surface area contributed by atoms with E-state index in [-0.39, 0.29) is 22.5 Å². The summed E-state index contributed by atoms with van der Waals surface area (Å²) in [6.45, 7) is -0.223. The highest BCUT2D eigenvalue weighted by atomic mass is 79.9. The number of nitrogens with two attached hydrogens (primary N) is 1. The fourth-order valence-electron chi connectivity index (χ4n) is 0.849. The molecule has 0 spiro atoms. The van der Waals surface area contributed by atoms with Gasteiger partial charge >= 0.3 is 6.36 Å². The Morgan fingerprint density at radius 3 is 2.60 bits per heavy atom. The minimum absolute atomic E-state index is 0.0342. The molecule has 4 nitrogen and oxygen atoms in total. The van der Waals surface area contributed by atoms with Crippen LogP contribution in [0.25, 0.3) is 0 Å². The molecular weight excluding hydrogens is 281 g/mol. The maximum Gasteiger partial charge on any atom is 0.574 e. The summed E-state index contributed by atoms with van der Waals surface area (Å²) in [6, 6.07) is 1.05. The number of aromatic nitrogens is 1. The number of pyridine rings is 1. The van der Waals surface area contributed by atoms with Gasteiger partial charge in [0.2, 0.25) is 5.88 Å². The highest BCUT2D eigenvalue weighted by molar-refractivity contribution is 9.10. The lowest BCUT2D eigenvalue weighted by Gasteiger charge is -2.11. The van der Waals surface area contributed by atoms with E-state index in [2.05, 4.69) is 25.7 Å². The lowest BCUT2D eigenvalue weighted by atomic mass is 10.2. The molecule has 1 aromatic heterocycles. The molecule has 0 aliphatic rings. The van der Waals surface area contributed by atoms with E-state index in [0.717, 1.165) is 6.07 Å². The van der Waals surface area contributed by atoms with Gasteiger partial charge in [-0.15, -0.1) is 13.2 Å². The van der Waals surface area contributed by atoms with Crippen molar-refractivity contribution in [2.75, 3.05) is 0 Å². The summed E-state index contributed by atoms with van der Waals surface area (Å²) in [5, 5.41) is 9.15. The Hall–Kier alpha value is -1.02. The predicted octanol–water partition coefficient (Wildman–Crippen LogP) is 1.91. The van der Waals surface area contributed by atoms with E-state index in [1.807, 2.05) is 0 Å². The monoisotopic (exact) mass is 286 g/mol. The third-order valence-electron chi connectivity index (χ3n) is 1.43. The number of hydrogen-bond donors (Lipinski definition) is 2. The van der Waals surface area contributed by atoms with E-state index in [1.54, 1.807) is 0 Å². The van der Waals surface area contributed by atoms with Gasteiger partial charge < -0.3 is 15.6 Å². The summed E-state index contributed by atoms with van der Waals surface area (Å²) in [6.07, 6.45) is -4.84. The van der Waals surface area contributed by atoms with Crippen molar-refractivity contribution in [3.63, 3.8) is 0 Å². The molecule has 0 aliphatic carbocycles. The second kappa shape index (κ2) is 4.23. The molecule has 0 bridgehead atoms. The van der Waals surface area contributed by atoms with E-state index >= 15 is 0 Å². The lowest BCUT2D eigenvalue weighted by molar-refractivity contribution is -0.276. The predicted molar refractivity (Wildman–Crippen MR) is 48.2 cm³/mol. The van der Waals surface area contributed by atoms with Gasteiger partial charge in [0.25, 0.3) is 0 Å². The Morgan fingerprint density at radius 1 is 1.53 bits per heavy atom. The lowest BCUT2D eigenvalue weighted by Crippen LogP contribution is -2.19. The Bertz CT molecular complexity index is 370. The number of rotatable bonds is 2. The minimum Gasteiger partial charge on any atom is -0.505 e. The van der Waals surface area contributed by atoms with Crippen molar-refractivity contribution >= 4 is 15.9 Å². The van der Waals surface area contributed by atoms with Crippen molar-refractivity contribution < 1.29 is 23.0 Å². The molecule has 8 heteroatoms. The van der Waals surface area contributed by atoms with Crippen LogP contribution in [0.5, 0.6) is 11.6 Å². The second-order valence-corrected chi connectivity index (χ2v) is 3.27. The molecule has 1 heterocycles. The van der Waals surface area contributed by atoms with Gasteiger partial charge in [0, 0.05) is 12.1 Å². The first-order chi connectivity index (χ1) is 6.83. The van der Waals surface area contributed by atoms with Crippen LogP contribution >= 0.6 is 15.9 Å². The number of ether oxygens (including phenoxy) is 1. The van der Waals surface area contributed by atoms with Crippen LogP contribution in [0.2, 0.25) is 0 Å². The zero-order valence-corrected chi connectivity index (χ0v) is 8.76. The Balaban J connectivity index is 3.11. The van der Waals surface area contributed by atoms with Crippen LogP contribution in [0.15, 0.2) is 10.7 Å². The van der Waals surface area contributed by atoms with E-state index in [4.69, 9.17) is 10.8 Å². The highest BCUT2D eigenvalue weighted by Crippen LogP contribution is 2.31. The number of hydrogen-bond acceptors (Lipinski definition) is 4. The molecular formula is C7H6BrF3N2O2. The van der Waals surface area contributed by atoms with Gasteiger partial charge in [0.05, 0.1) is 0 Å². The first kappa shape index (κ1) is 12.1. The summed E-state index contributed by atoms with van der Waals surface area (Å²) in [7, 11) is 0. The van der Waals surface area contributed by atoms with Crippen LogP contribution < -0.4 is 10.5 Å². The van der Waals surface area contributed by atoms with Gasteiger partial charge in [0.1, 0.15) is 5.75 Å². The fraction of sp³-hybridized carbons (Fsp3) is 0.286. The molecule has 3 N–H and O–H groups in total. The first-order valence-electron chi connectivity index (χ1n) is 3.67. The molecule has 0 amide bonds. The van der Waals surface area contributed by atoms with Crippen molar-refractivity contribution in [3.05, 3.63) is 16.2 Å². The van der Waals surface area contributed by atoms with Gasteiger partial charge in [-0.05, 0) is 22.0 Å². The molecule has 0 saturated carbocycles. The maximum absolute atomic E-state index is 11.9. The van der Waals surface area contributed by atoms with E-state index < -0.39 is 12.2 Å². The van der Waals surface area contributed by atoms with Crippen LogP contribution in [0, 0.1) is 0 Å². The fourth-order valence-corrected chi connectivity index (χ4v) is 1.12.